The van der Waals surface area contributed by atoms with Gasteiger partial charge in [0.25, 0.3) is 0 Å². The van der Waals surface area contributed by atoms with Crippen molar-refractivity contribution in [1.29, 1.82) is 0 Å². The van der Waals surface area contributed by atoms with Crippen LogP contribution in [-0.4, -0.2) is 24.3 Å². The van der Waals surface area contributed by atoms with Crippen LogP contribution in [-0.2, 0) is 0 Å². The van der Waals surface area contributed by atoms with Crippen molar-refractivity contribution in [2.75, 3.05) is 13.2 Å². The lowest BCUT2D eigenvalue weighted by atomic mass is 10.3. The molecule has 0 aliphatic heterocycles. The summed E-state index contributed by atoms with van der Waals surface area (Å²) in [5.74, 6) is 2.45. The smallest absolute Gasteiger partial charge is 0.0921 e. The molecule has 1 unspecified atom stereocenters. The molecule has 58 valence electrons. The van der Waals surface area contributed by atoms with Gasteiger partial charge in [0.05, 0.1) is 12.6 Å². The van der Waals surface area contributed by atoms with Gasteiger partial charge in [-0.2, -0.15) is 0 Å². The highest BCUT2D eigenvalue weighted by Gasteiger charge is 1.98. The Kier molecular flexibility index (Phi) is 6.25. The third-order valence-corrected chi connectivity index (χ3v) is 1.30. The van der Waals surface area contributed by atoms with Gasteiger partial charge >= 0.3 is 0 Å². The molecule has 1 atom stereocenters. The van der Waals surface area contributed by atoms with Gasteiger partial charge in [0, 0.05) is 0 Å². The SMILES string of the molecule is C#CC(CO)NCCCC. The van der Waals surface area contributed by atoms with Crippen LogP contribution in [0.4, 0.5) is 0 Å². The van der Waals surface area contributed by atoms with E-state index in [0.29, 0.717) is 0 Å². The Balaban J connectivity index is 3.20. The molecule has 0 fully saturated rings. The highest BCUT2D eigenvalue weighted by atomic mass is 16.3. The predicted molar refractivity (Wildman–Crippen MR) is 42.6 cm³/mol. The Morgan fingerprint density at radius 1 is 1.70 bits per heavy atom. The number of hydrogen-bond donors (Lipinski definition) is 2. The van der Waals surface area contributed by atoms with Crippen molar-refractivity contribution >= 4 is 0 Å². The van der Waals surface area contributed by atoms with Crippen LogP contribution in [0.15, 0.2) is 0 Å². The minimum absolute atomic E-state index is 0.0280. The molecule has 0 aliphatic carbocycles. The summed E-state index contributed by atoms with van der Waals surface area (Å²) < 4.78 is 0. The highest BCUT2D eigenvalue weighted by molar-refractivity contribution is 4.98. The third-order valence-electron chi connectivity index (χ3n) is 1.30. The lowest BCUT2D eigenvalue weighted by Crippen LogP contribution is -2.31. The standard InChI is InChI=1S/C8H15NO/c1-3-5-6-9-8(4-2)7-10/h2,8-10H,3,5-7H2,1H3. The summed E-state index contributed by atoms with van der Waals surface area (Å²) in [6.45, 7) is 3.04. The van der Waals surface area contributed by atoms with Gasteiger partial charge in [-0.25, -0.2) is 0 Å². The number of hydrogen-bond acceptors (Lipinski definition) is 2. The second-order valence-electron chi connectivity index (χ2n) is 2.21. The van der Waals surface area contributed by atoms with Gasteiger partial charge < -0.3 is 10.4 Å². The largest absolute Gasteiger partial charge is 0.394 e. The van der Waals surface area contributed by atoms with Crippen molar-refractivity contribution in [1.82, 2.24) is 5.32 Å². The second-order valence-corrected chi connectivity index (χ2v) is 2.21. The molecule has 0 saturated carbocycles. The Labute approximate surface area is 62.6 Å². The number of aliphatic hydroxyl groups is 1. The molecule has 2 N–H and O–H groups in total. The third kappa shape index (κ3) is 4.37. The molecule has 0 saturated heterocycles. The van der Waals surface area contributed by atoms with Crippen LogP contribution in [0.5, 0.6) is 0 Å². The Hall–Kier alpha value is -0.520. The summed E-state index contributed by atoms with van der Waals surface area (Å²) in [7, 11) is 0. The first-order valence-electron chi connectivity index (χ1n) is 3.65. The topological polar surface area (TPSA) is 32.3 Å². The van der Waals surface area contributed by atoms with Crippen molar-refractivity contribution in [3.8, 4) is 12.3 Å². The lowest BCUT2D eigenvalue weighted by molar-refractivity contribution is 0.268. The van der Waals surface area contributed by atoms with Crippen LogP contribution in [0.2, 0.25) is 0 Å². The predicted octanol–water partition coefficient (Wildman–Crippen LogP) is 0.370. The summed E-state index contributed by atoms with van der Waals surface area (Å²) in [5, 5.41) is 11.7. The van der Waals surface area contributed by atoms with E-state index >= 15 is 0 Å². The Bertz CT molecular complexity index is 106. The van der Waals surface area contributed by atoms with Crippen LogP contribution < -0.4 is 5.32 Å². The van der Waals surface area contributed by atoms with E-state index in [0.717, 1.165) is 19.4 Å². The molecule has 10 heavy (non-hydrogen) atoms. The first kappa shape index (κ1) is 9.48. The van der Waals surface area contributed by atoms with Gasteiger partial charge in [-0.3, -0.25) is 0 Å². The van der Waals surface area contributed by atoms with E-state index in [1.54, 1.807) is 0 Å². The Morgan fingerprint density at radius 3 is 2.80 bits per heavy atom. The molecule has 0 bridgehead atoms. The molecular weight excluding hydrogens is 126 g/mol. The fourth-order valence-corrected chi connectivity index (χ4v) is 0.629. The number of aliphatic hydroxyl groups excluding tert-OH is 1. The minimum Gasteiger partial charge on any atom is -0.394 e. The molecule has 0 aromatic carbocycles. The summed E-state index contributed by atoms with van der Waals surface area (Å²) >= 11 is 0. The van der Waals surface area contributed by atoms with Crippen molar-refractivity contribution < 1.29 is 5.11 Å². The van der Waals surface area contributed by atoms with E-state index in [-0.39, 0.29) is 12.6 Å². The first-order valence-corrected chi connectivity index (χ1v) is 3.65. The molecular formula is C8H15NO. The van der Waals surface area contributed by atoms with E-state index in [1.807, 2.05) is 0 Å². The molecule has 0 amide bonds. The van der Waals surface area contributed by atoms with Crippen LogP contribution in [0, 0.1) is 12.3 Å². The second kappa shape index (κ2) is 6.60. The summed E-state index contributed by atoms with van der Waals surface area (Å²) in [5.41, 5.74) is 0. The Morgan fingerprint density at radius 2 is 2.40 bits per heavy atom. The van der Waals surface area contributed by atoms with E-state index in [4.69, 9.17) is 11.5 Å². The maximum Gasteiger partial charge on any atom is 0.0921 e. The van der Waals surface area contributed by atoms with E-state index in [2.05, 4.69) is 18.2 Å². The monoisotopic (exact) mass is 141 g/mol. The maximum atomic E-state index is 8.62. The number of nitrogens with one attached hydrogen (secondary N) is 1. The van der Waals surface area contributed by atoms with E-state index in [1.165, 1.54) is 0 Å². The lowest BCUT2D eigenvalue weighted by Gasteiger charge is -2.07. The molecule has 0 aromatic rings. The van der Waals surface area contributed by atoms with Crippen LogP contribution in [0.1, 0.15) is 19.8 Å². The van der Waals surface area contributed by atoms with Gasteiger partial charge in [0.15, 0.2) is 0 Å². The van der Waals surface area contributed by atoms with E-state index < -0.39 is 0 Å². The zero-order valence-electron chi connectivity index (χ0n) is 6.43. The summed E-state index contributed by atoms with van der Waals surface area (Å²) in [6.07, 6.45) is 7.35. The molecule has 2 nitrogen and oxygen atoms in total. The van der Waals surface area contributed by atoms with Gasteiger partial charge in [-0.05, 0) is 13.0 Å². The van der Waals surface area contributed by atoms with Crippen LogP contribution in [0.25, 0.3) is 0 Å². The zero-order chi connectivity index (χ0) is 7.82. The average molecular weight is 141 g/mol. The summed E-state index contributed by atoms with van der Waals surface area (Å²) in [6, 6.07) is -0.161. The molecule has 0 radical (unpaired) electrons. The van der Waals surface area contributed by atoms with Crippen molar-refractivity contribution in [2.45, 2.75) is 25.8 Å². The summed E-state index contributed by atoms with van der Waals surface area (Å²) in [4.78, 5) is 0. The molecule has 0 spiro atoms. The average Bonchev–Trinajstić information content (AvgIpc) is 1.99. The minimum atomic E-state index is -0.161. The highest BCUT2D eigenvalue weighted by Crippen LogP contribution is 1.84. The van der Waals surface area contributed by atoms with Crippen LogP contribution >= 0.6 is 0 Å². The fraction of sp³-hybridized carbons (Fsp3) is 0.750. The van der Waals surface area contributed by atoms with Gasteiger partial charge in [0.1, 0.15) is 0 Å². The quantitative estimate of drug-likeness (QED) is 0.428. The van der Waals surface area contributed by atoms with Crippen molar-refractivity contribution in [2.24, 2.45) is 0 Å². The molecule has 0 rings (SSSR count). The van der Waals surface area contributed by atoms with Gasteiger partial charge in [-0.1, -0.05) is 19.3 Å². The number of unbranched alkanes of at least 4 members (excludes halogenated alkanes) is 1. The molecule has 0 heterocycles. The zero-order valence-corrected chi connectivity index (χ0v) is 6.43. The van der Waals surface area contributed by atoms with Crippen LogP contribution in [0.3, 0.4) is 0 Å². The first-order chi connectivity index (χ1) is 4.85. The van der Waals surface area contributed by atoms with E-state index in [9.17, 15) is 0 Å². The van der Waals surface area contributed by atoms with Gasteiger partial charge in [-0.15, -0.1) is 6.42 Å². The fourth-order valence-electron chi connectivity index (χ4n) is 0.629. The van der Waals surface area contributed by atoms with Crippen molar-refractivity contribution in [3.63, 3.8) is 0 Å². The number of terminal acetylenes is 1. The number of rotatable bonds is 5. The maximum absolute atomic E-state index is 8.62. The molecule has 0 aromatic heterocycles. The molecule has 0 aliphatic rings. The van der Waals surface area contributed by atoms with Crippen molar-refractivity contribution in [3.05, 3.63) is 0 Å². The van der Waals surface area contributed by atoms with Gasteiger partial charge in [0.2, 0.25) is 0 Å². The molecule has 2 heteroatoms. The normalized spacial score (nSPS) is 12.5.